The van der Waals surface area contributed by atoms with Gasteiger partial charge in [-0.25, -0.2) is 0 Å². The van der Waals surface area contributed by atoms with Crippen molar-refractivity contribution in [3.8, 4) is 0 Å². The second kappa shape index (κ2) is 6.19. The molecule has 0 spiro atoms. The highest BCUT2D eigenvalue weighted by atomic mass is 16.4. The Balaban J connectivity index is 1.93. The van der Waals surface area contributed by atoms with Crippen molar-refractivity contribution in [2.75, 3.05) is 13.1 Å². The molecule has 0 aromatic carbocycles. The quantitative estimate of drug-likeness (QED) is 0.885. The summed E-state index contributed by atoms with van der Waals surface area (Å²) in [6.07, 6.45) is 5.23. The molecule has 1 aliphatic heterocycles. The van der Waals surface area contributed by atoms with Crippen LogP contribution in [-0.2, 0) is 11.8 Å². The number of aliphatic carboxylic acids is 1. The average molecular weight is 265 g/mol. The van der Waals surface area contributed by atoms with Crippen LogP contribution in [0.4, 0.5) is 0 Å². The zero-order valence-corrected chi connectivity index (χ0v) is 11.7. The van der Waals surface area contributed by atoms with Gasteiger partial charge < -0.3 is 5.11 Å². The Morgan fingerprint density at radius 3 is 3.05 bits per heavy atom. The van der Waals surface area contributed by atoms with Gasteiger partial charge in [0.1, 0.15) is 0 Å². The first kappa shape index (κ1) is 14.1. The lowest BCUT2D eigenvalue weighted by atomic mass is 9.92. The van der Waals surface area contributed by atoms with Crippen molar-refractivity contribution in [2.24, 2.45) is 13.0 Å². The number of rotatable bonds is 5. The summed E-state index contributed by atoms with van der Waals surface area (Å²) >= 11 is 0. The second-order valence-electron chi connectivity index (χ2n) is 5.49. The van der Waals surface area contributed by atoms with Crippen LogP contribution in [0.25, 0.3) is 0 Å². The Bertz CT molecular complexity index is 430. The Morgan fingerprint density at radius 2 is 2.42 bits per heavy atom. The summed E-state index contributed by atoms with van der Waals surface area (Å²) in [5.74, 6) is -0.169. The summed E-state index contributed by atoms with van der Waals surface area (Å²) in [5.41, 5.74) is 1.22. The molecule has 2 heterocycles. The summed E-state index contributed by atoms with van der Waals surface area (Å²) in [7, 11) is 1.97. The predicted molar refractivity (Wildman–Crippen MR) is 72.8 cm³/mol. The number of aromatic nitrogens is 2. The van der Waals surface area contributed by atoms with Gasteiger partial charge in [-0.1, -0.05) is 0 Å². The molecule has 5 nitrogen and oxygen atoms in total. The van der Waals surface area contributed by atoms with E-state index in [-0.39, 0.29) is 0 Å². The van der Waals surface area contributed by atoms with E-state index in [2.05, 4.69) is 23.0 Å². The van der Waals surface area contributed by atoms with E-state index in [1.54, 1.807) is 0 Å². The van der Waals surface area contributed by atoms with Gasteiger partial charge in [0.05, 0.1) is 5.69 Å². The third kappa shape index (κ3) is 3.56. The fraction of sp³-hybridized carbons (Fsp3) is 0.714. The maximum atomic E-state index is 10.7. The van der Waals surface area contributed by atoms with Crippen LogP contribution < -0.4 is 0 Å². The average Bonchev–Trinajstić information content (AvgIpc) is 2.82. The minimum atomic E-state index is -0.684. The Kier molecular flexibility index (Phi) is 4.58. The number of piperidine rings is 1. The molecule has 5 heteroatoms. The number of likely N-dealkylation sites (tertiary alicyclic amines) is 1. The van der Waals surface area contributed by atoms with Crippen LogP contribution in [0, 0.1) is 5.92 Å². The van der Waals surface area contributed by atoms with Crippen LogP contribution >= 0.6 is 0 Å². The van der Waals surface area contributed by atoms with Crippen molar-refractivity contribution >= 4 is 5.97 Å². The van der Waals surface area contributed by atoms with Crippen LogP contribution in [0.3, 0.4) is 0 Å². The van der Waals surface area contributed by atoms with Crippen LogP contribution in [0.1, 0.15) is 44.3 Å². The van der Waals surface area contributed by atoms with Gasteiger partial charge in [-0.05, 0) is 44.7 Å². The highest BCUT2D eigenvalue weighted by Crippen LogP contribution is 2.28. The zero-order chi connectivity index (χ0) is 13.8. The van der Waals surface area contributed by atoms with Crippen molar-refractivity contribution in [3.05, 3.63) is 18.0 Å². The summed E-state index contributed by atoms with van der Waals surface area (Å²) in [6.45, 7) is 4.30. The van der Waals surface area contributed by atoms with Crippen LogP contribution in [0.5, 0.6) is 0 Å². The predicted octanol–water partition coefficient (Wildman–Crippen LogP) is 2.06. The molecule has 0 bridgehead atoms. The monoisotopic (exact) mass is 265 g/mol. The SMILES string of the molecule is CC(c1ccnn1C)N1CCCC(CCC(=O)O)C1. The number of carboxylic acid groups (broad SMARTS) is 1. The molecule has 2 rings (SSSR count). The van der Waals surface area contributed by atoms with Gasteiger partial charge in [-0.3, -0.25) is 14.4 Å². The molecule has 0 saturated carbocycles. The normalized spacial score (nSPS) is 22.3. The summed E-state index contributed by atoms with van der Waals surface area (Å²) in [6, 6.07) is 2.41. The number of carboxylic acids is 1. The van der Waals surface area contributed by atoms with Crippen molar-refractivity contribution < 1.29 is 9.90 Å². The molecule has 1 N–H and O–H groups in total. The van der Waals surface area contributed by atoms with Crippen molar-refractivity contribution in [1.29, 1.82) is 0 Å². The first-order chi connectivity index (χ1) is 9.08. The molecule has 1 saturated heterocycles. The molecule has 1 aromatic rings. The number of aryl methyl sites for hydroxylation is 1. The Morgan fingerprint density at radius 1 is 1.63 bits per heavy atom. The summed E-state index contributed by atoms with van der Waals surface area (Å²) in [4.78, 5) is 13.1. The van der Waals surface area contributed by atoms with Gasteiger partial charge in [0, 0.05) is 32.3 Å². The highest BCUT2D eigenvalue weighted by molar-refractivity contribution is 5.66. The van der Waals surface area contributed by atoms with E-state index in [9.17, 15) is 4.79 Å². The van der Waals surface area contributed by atoms with E-state index in [0.717, 1.165) is 32.4 Å². The molecule has 0 amide bonds. The number of carbonyl (C=O) groups is 1. The fourth-order valence-electron chi connectivity index (χ4n) is 2.99. The standard InChI is InChI=1S/C14H23N3O2/c1-11(13-7-8-15-16(13)2)17-9-3-4-12(10-17)5-6-14(18)19/h7-8,11-12H,3-6,9-10H2,1-2H3,(H,18,19). The number of hydrogen-bond acceptors (Lipinski definition) is 3. The summed E-state index contributed by atoms with van der Waals surface area (Å²) < 4.78 is 1.92. The first-order valence-corrected chi connectivity index (χ1v) is 7.01. The van der Waals surface area contributed by atoms with Crippen molar-refractivity contribution in [1.82, 2.24) is 14.7 Å². The van der Waals surface area contributed by atoms with Crippen molar-refractivity contribution in [2.45, 2.75) is 38.6 Å². The molecule has 0 aliphatic carbocycles. The fourth-order valence-corrected chi connectivity index (χ4v) is 2.99. The van der Waals surface area contributed by atoms with E-state index in [1.807, 2.05) is 17.9 Å². The van der Waals surface area contributed by atoms with Gasteiger partial charge >= 0.3 is 5.97 Å². The second-order valence-corrected chi connectivity index (χ2v) is 5.49. The molecule has 19 heavy (non-hydrogen) atoms. The molecule has 1 fully saturated rings. The zero-order valence-electron chi connectivity index (χ0n) is 11.7. The Labute approximate surface area is 114 Å². The highest BCUT2D eigenvalue weighted by Gasteiger charge is 2.25. The number of nitrogens with zero attached hydrogens (tertiary/aromatic N) is 3. The first-order valence-electron chi connectivity index (χ1n) is 7.01. The van der Waals surface area contributed by atoms with Gasteiger partial charge in [0.15, 0.2) is 0 Å². The lowest BCUT2D eigenvalue weighted by molar-refractivity contribution is -0.137. The number of hydrogen-bond donors (Lipinski definition) is 1. The maximum Gasteiger partial charge on any atom is 0.303 e. The molecule has 1 aromatic heterocycles. The molecular formula is C14H23N3O2. The minimum Gasteiger partial charge on any atom is -0.481 e. The van der Waals surface area contributed by atoms with Crippen LogP contribution in [-0.4, -0.2) is 38.8 Å². The molecule has 2 atom stereocenters. The summed E-state index contributed by atoms with van der Waals surface area (Å²) in [5, 5.41) is 13.0. The van der Waals surface area contributed by atoms with E-state index in [1.165, 1.54) is 5.69 Å². The van der Waals surface area contributed by atoms with Crippen LogP contribution in [0.2, 0.25) is 0 Å². The molecule has 0 radical (unpaired) electrons. The minimum absolute atomic E-state index is 0.290. The largest absolute Gasteiger partial charge is 0.481 e. The van der Waals surface area contributed by atoms with Gasteiger partial charge in [-0.15, -0.1) is 0 Å². The van der Waals surface area contributed by atoms with E-state index in [0.29, 0.717) is 18.4 Å². The topological polar surface area (TPSA) is 58.4 Å². The van der Waals surface area contributed by atoms with E-state index >= 15 is 0 Å². The lowest BCUT2D eigenvalue weighted by Gasteiger charge is -2.36. The van der Waals surface area contributed by atoms with E-state index < -0.39 is 5.97 Å². The third-order valence-corrected chi connectivity index (χ3v) is 4.15. The Hall–Kier alpha value is -1.36. The van der Waals surface area contributed by atoms with Crippen molar-refractivity contribution in [3.63, 3.8) is 0 Å². The van der Waals surface area contributed by atoms with Crippen LogP contribution in [0.15, 0.2) is 12.3 Å². The smallest absolute Gasteiger partial charge is 0.303 e. The van der Waals surface area contributed by atoms with E-state index in [4.69, 9.17) is 5.11 Å². The maximum absolute atomic E-state index is 10.7. The molecule has 2 unspecified atom stereocenters. The molecule has 106 valence electrons. The van der Waals surface area contributed by atoms with Gasteiger partial charge in [0.2, 0.25) is 0 Å². The molecule has 1 aliphatic rings. The lowest BCUT2D eigenvalue weighted by Crippen LogP contribution is -2.38. The van der Waals surface area contributed by atoms with Gasteiger partial charge in [0.25, 0.3) is 0 Å². The van der Waals surface area contributed by atoms with Gasteiger partial charge in [-0.2, -0.15) is 5.10 Å². The third-order valence-electron chi connectivity index (χ3n) is 4.15. The molecular weight excluding hydrogens is 242 g/mol.